The summed E-state index contributed by atoms with van der Waals surface area (Å²) in [5, 5.41) is 0. The number of carbonyl (C=O) groups excluding carboxylic acids is 1. The Morgan fingerprint density at radius 3 is 2.54 bits per heavy atom. The van der Waals surface area contributed by atoms with Crippen molar-refractivity contribution in [3.05, 3.63) is 47.7 Å². The molecule has 0 unspecified atom stereocenters. The van der Waals surface area contributed by atoms with Crippen LogP contribution in [0.1, 0.15) is 19.4 Å². The monoisotopic (exact) mass is 347 g/mol. The number of hydrogen-bond donors (Lipinski definition) is 0. The van der Waals surface area contributed by atoms with Gasteiger partial charge in [-0.1, -0.05) is 23.6 Å². The average molecular weight is 347 g/mol. The summed E-state index contributed by atoms with van der Waals surface area (Å²) in [5.74, 6) is 4.15. The lowest BCUT2D eigenvalue weighted by molar-refractivity contribution is -0.136. The molecule has 0 aliphatic rings. The molecule has 24 heavy (non-hydrogen) atoms. The van der Waals surface area contributed by atoms with Gasteiger partial charge in [0.25, 0.3) is 0 Å². The highest BCUT2D eigenvalue weighted by Crippen LogP contribution is 2.16. The van der Waals surface area contributed by atoms with Crippen LogP contribution < -0.4 is 0 Å². The molecule has 0 aromatic heterocycles. The third-order valence-electron chi connectivity index (χ3n) is 2.96. The summed E-state index contributed by atoms with van der Waals surface area (Å²) in [6.45, 7) is 5.57. The van der Waals surface area contributed by atoms with Gasteiger partial charge in [-0.15, -0.1) is 5.73 Å². The Kier molecular flexibility index (Phi) is 8.00. The van der Waals surface area contributed by atoms with Gasteiger partial charge in [-0.3, -0.25) is 0 Å². The topological polar surface area (TPSA) is 63.7 Å². The minimum Gasteiger partial charge on any atom is -0.456 e. The van der Waals surface area contributed by atoms with Gasteiger partial charge in [0, 0.05) is 12.5 Å². The zero-order valence-corrected chi connectivity index (χ0v) is 14.9. The van der Waals surface area contributed by atoms with Crippen LogP contribution in [0.25, 0.3) is 0 Å². The molecule has 0 aliphatic carbocycles. The Morgan fingerprint density at radius 2 is 1.96 bits per heavy atom. The average Bonchev–Trinajstić information content (AvgIpc) is 2.54. The van der Waals surface area contributed by atoms with E-state index in [1.165, 1.54) is 4.31 Å². The van der Waals surface area contributed by atoms with E-state index >= 15 is 0 Å². The van der Waals surface area contributed by atoms with Crippen LogP contribution in [-0.4, -0.2) is 38.4 Å². The normalized spacial score (nSPS) is 10.3. The van der Waals surface area contributed by atoms with Crippen molar-refractivity contribution in [2.75, 3.05) is 19.7 Å². The van der Waals surface area contributed by atoms with Gasteiger partial charge in [0.05, 0.1) is 18.0 Å². The number of nitrogens with zero attached hydrogens (tertiary/aromatic N) is 1. The zero-order valence-electron chi connectivity index (χ0n) is 14.1. The van der Waals surface area contributed by atoms with Gasteiger partial charge < -0.3 is 4.74 Å². The second kappa shape index (κ2) is 9.74. The smallest absolute Gasteiger partial charge is 0.384 e. The van der Waals surface area contributed by atoms with Crippen LogP contribution in [0.5, 0.6) is 0 Å². The first-order chi connectivity index (χ1) is 11.4. The molecule has 0 bridgehead atoms. The second-order valence-electron chi connectivity index (χ2n) is 4.79. The summed E-state index contributed by atoms with van der Waals surface area (Å²) in [6.07, 6.45) is 3.28. The lowest BCUT2D eigenvalue weighted by Crippen LogP contribution is -2.31. The lowest BCUT2D eigenvalue weighted by Gasteiger charge is -2.18. The largest absolute Gasteiger partial charge is 0.456 e. The summed E-state index contributed by atoms with van der Waals surface area (Å²) in [7, 11) is -3.71. The molecule has 0 saturated carbocycles. The number of carbonyl (C=O) groups is 1. The summed E-state index contributed by atoms with van der Waals surface area (Å²) >= 11 is 0. The maximum atomic E-state index is 12.7. The van der Waals surface area contributed by atoms with Crippen molar-refractivity contribution >= 4 is 16.0 Å². The maximum absolute atomic E-state index is 12.7. The molecule has 0 saturated heterocycles. The molecule has 1 aromatic rings. The Bertz CT molecular complexity index is 777. The van der Waals surface area contributed by atoms with Crippen molar-refractivity contribution in [2.24, 2.45) is 0 Å². The van der Waals surface area contributed by atoms with Crippen LogP contribution in [0.15, 0.2) is 47.0 Å². The van der Waals surface area contributed by atoms with Gasteiger partial charge in [-0.05, 0) is 45.1 Å². The molecule has 6 heteroatoms. The number of rotatable bonds is 6. The molecule has 0 atom stereocenters. The summed E-state index contributed by atoms with van der Waals surface area (Å²) in [4.78, 5) is 11.4. The lowest BCUT2D eigenvalue weighted by atomic mass is 10.2. The SMILES string of the molecule is CC=C=CCN(CC#CC(=O)OCC)S(=O)(=O)c1ccc(C)cc1. The molecule has 1 rings (SSSR count). The number of esters is 1. The van der Waals surface area contributed by atoms with Gasteiger partial charge in [0.1, 0.15) is 0 Å². The van der Waals surface area contributed by atoms with Crippen LogP contribution in [0.3, 0.4) is 0 Å². The quantitative estimate of drug-likeness (QED) is 0.343. The highest BCUT2D eigenvalue weighted by Gasteiger charge is 2.22. The third-order valence-corrected chi connectivity index (χ3v) is 4.79. The predicted molar refractivity (Wildman–Crippen MR) is 92.7 cm³/mol. The minimum atomic E-state index is -3.71. The summed E-state index contributed by atoms with van der Waals surface area (Å²) in [5.41, 5.74) is 3.80. The second-order valence-corrected chi connectivity index (χ2v) is 6.73. The molecule has 0 heterocycles. The molecular weight excluding hydrogens is 326 g/mol. The van der Waals surface area contributed by atoms with Crippen LogP contribution in [0.4, 0.5) is 0 Å². The van der Waals surface area contributed by atoms with Gasteiger partial charge in [0.2, 0.25) is 10.0 Å². The summed E-state index contributed by atoms with van der Waals surface area (Å²) < 4.78 is 31.3. The number of aryl methyl sites for hydroxylation is 1. The molecule has 0 N–H and O–H groups in total. The van der Waals surface area contributed by atoms with E-state index in [-0.39, 0.29) is 24.6 Å². The molecule has 0 amide bonds. The number of ether oxygens (including phenoxy) is 1. The number of benzene rings is 1. The van der Waals surface area contributed by atoms with E-state index in [4.69, 9.17) is 4.74 Å². The maximum Gasteiger partial charge on any atom is 0.384 e. The van der Waals surface area contributed by atoms with E-state index in [9.17, 15) is 13.2 Å². The van der Waals surface area contributed by atoms with Crippen molar-refractivity contribution < 1.29 is 17.9 Å². The van der Waals surface area contributed by atoms with Crippen molar-refractivity contribution in [3.8, 4) is 11.8 Å². The molecule has 5 nitrogen and oxygen atoms in total. The first-order valence-electron chi connectivity index (χ1n) is 7.49. The van der Waals surface area contributed by atoms with E-state index < -0.39 is 16.0 Å². The Labute approximate surface area is 143 Å². The molecule has 0 radical (unpaired) electrons. The highest BCUT2D eigenvalue weighted by molar-refractivity contribution is 7.89. The van der Waals surface area contributed by atoms with E-state index in [0.717, 1.165) is 5.56 Å². The minimum absolute atomic E-state index is 0.109. The molecule has 0 fully saturated rings. The molecule has 0 aliphatic heterocycles. The van der Waals surface area contributed by atoms with E-state index in [1.54, 1.807) is 50.3 Å². The van der Waals surface area contributed by atoms with Crippen molar-refractivity contribution in [2.45, 2.75) is 25.7 Å². The third kappa shape index (κ3) is 6.05. The van der Waals surface area contributed by atoms with E-state index in [2.05, 4.69) is 17.6 Å². The van der Waals surface area contributed by atoms with Crippen LogP contribution in [0.2, 0.25) is 0 Å². The fourth-order valence-electron chi connectivity index (χ4n) is 1.75. The first kappa shape index (κ1) is 19.7. The van der Waals surface area contributed by atoms with Gasteiger partial charge in [-0.2, -0.15) is 4.31 Å². The van der Waals surface area contributed by atoms with E-state index in [0.29, 0.717) is 0 Å². The molecule has 1 aromatic carbocycles. The zero-order chi connectivity index (χ0) is 18.0. The van der Waals surface area contributed by atoms with Crippen LogP contribution in [-0.2, 0) is 19.6 Å². The fraction of sp³-hybridized carbons (Fsp3) is 0.333. The summed E-state index contributed by atoms with van der Waals surface area (Å²) in [6, 6.07) is 6.57. The molecular formula is C18H21NO4S. The van der Waals surface area contributed by atoms with E-state index in [1.807, 2.05) is 6.92 Å². The standard InChI is InChI=1S/C18H21NO4S/c1-4-6-7-14-19(15-8-9-18(20)23-5-2)24(21,22)17-12-10-16(3)11-13-17/h4,7,10-13H,5,14-15H2,1-3H3. The van der Waals surface area contributed by atoms with Crippen molar-refractivity contribution in [3.63, 3.8) is 0 Å². The van der Waals surface area contributed by atoms with Gasteiger partial charge in [0.15, 0.2) is 0 Å². The van der Waals surface area contributed by atoms with Crippen molar-refractivity contribution in [1.29, 1.82) is 0 Å². The predicted octanol–water partition coefficient (Wildman–Crippen LogP) is 2.28. The number of hydrogen-bond acceptors (Lipinski definition) is 4. The molecule has 0 spiro atoms. The Hall–Kier alpha value is -2.32. The molecule has 128 valence electrons. The van der Waals surface area contributed by atoms with Gasteiger partial charge >= 0.3 is 5.97 Å². The number of sulfonamides is 1. The first-order valence-corrected chi connectivity index (χ1v) is 8.93. The Balaban J connectivity index is 3.05. The Morgan fingerprint density at radius 1 is 1.29 bits per heavy atom. The van der Waals surface area contributed by atoms with Gasteiger partial charge in [-0.25, -0.2) is 13.2 Å². The highest BCUT2D eigenvalue weighted by atomic mass is 32.2. The van der Waals surface area contributed by atoms with Crippen LogP contribution >= 0.6 is 0 Å². The fourth-order valence-corrected chi connectivity index (χ4v) is 3.03. The van der Waals surface area contributed by atoms with Crippen molar-refractivity contribution in [1.82, 2.24) is 4.31 Å². The van der Waals surface area contributed by atoms with Crippen LogP contribution in [0, 0.1) is 18.8 Å².